The van der Waals surface area contributed by atoms with Crippen molar-refractivity contribution in [3.63, 3.8) is 0 Å². The van der Waals surface area contributed by atoms with Gasteiger partial charge in [-0.3, -0.25) is 0 Å². The lowest BCUT2D eigenvalue weighted by atomic mass is 10.1. The van der Waals surface area contributed by atoms with E-state index in [0.717, 1.165) is 5.02 Å². The molecule has 14 heavy (non-hydrogen) atoms. The third-order valence-corrected chi connectivity index (χ3v) is 2.99. The van der Waals surface area contributed by atoms with E-state index < -0.39 is 0 Å². The van der Waals surface area contributed by atoms with Crippen LogP contribution in [-0.2, 0) is 0 Å². The van der Waals surface area contributed by atoms with Crippen LogP contribution in [0.5, 0.6) is 0 Å². The average Bonchev–Trinajstić information content (AvgIpc) is 2.67. The van der Waals surface area contributed by atoms with Gasteiger partial charge in [-0.1, -0.05) is 29.8 Å². The lowest BCUT2D eigenvalue weighted by Gasteiger charge is -2.12. The summed E-state index contributed by atoms with van der Waals surface area (Å²) >= 11 is 5.84. The minimum atomic E-state index is 0.468. The molecule has 0 bridgehead atoms. The zero-order chi connectivity index (χ0) is 9.97. The molecule has 1 aliphatic heterocycles. The van der Waals surface area contributed by atoms with Crippen molar-refractivity contribution in [2.75, 3.05) is 0 Å². The van der Waals surface area contributed by atoms with Gasteiger partial charge < -0.3 is 5.32 Å². The Morgan fingerprint density at radius 3 is 2.57 bits per heavy atom. The SMILES string of the molecule is C=CC1CCC(c2ccc(Cl)cc2)N1. The normalized spacial score (nSPS) is 26.4. The summed E-state index contributed by atoms with van der Waals surface area (Å²) < 4.78 is 0. The highest BCUT2D eigenvalue weighted by Gasteiger charge is 2.22. The van der Waals surface area contributed by atoms with Crippen LogP contribution in [0, 0.1) is 0 Å². The topological polar surface area (TPSA) is 12.0 Å². The summed E-state index contributed by atoms with van der Waals surface area (Å²) in [4.78, 5) is 0. The van der Waals surface area contributed by atoms with E-state index in [-0.39, 0.29) is 0 Å². The van der Waals surface area contributed by atoms with Gasteiger partial charge in [0.2, 0.25) is 0 Å². The Morgan fingerprint density at radius 2 is 2.00 bits per heavy atom. The van der Waals surface area contributed by atoms with E-state index in [1.165, 1.54) is 18.4 Å². The van der Waals surface area contributed by atoms with Gasteiger partial charge >= 0.3 is 0 Å². The number of hydrogen-bond acceptors (Lipinski definition) is 1. The van der Waals surface area contributed by atoms with Crippen LogP contribution in [0.15, 0.2) is 36.9 Å². The molecule has 0 spiro atoms. The van der Waals surface area contributed by atoms with Gasteiger partial charge in [0.1, 0.15) is 0 Å². The second-order valence-electron chi connectivity index (χ2n) is 3.69. The predicted octanol–water partition coefficient (Wildman–Crippen LogP) is 3.32. The lowest BCUT2D eigenvalue weighted by Crippen LogP contribution is -2.21. The van der Waals surface area contributed by atoms with E-state index in [4.69, 9.17) is 11.6 Å². The minimum Gasteiger partial charge on any atom is -0.304 e. The fourth-order valence-corrected chi connectivity index (χ4v) is 2.04. The maximum absolute atomic E-state index is 5.84. The molecule has 1 saturated heterocycles. The second-order valence-corrected chi connectivity index (χ2v) is 4.13. The van der Waals surface area contributed by atoms with Crippen LogP contribution >= 0.6 is 11.6 Å². The molecule has 2 unspecified atom stereocenters. The van der Waals surface area contributed by atoms with Gasteiger partial charge in [0, 0.05) is 17.1 Å². The number of hydrogen-bond donors (Lipinski definition) is 1. The van der Waals surface area contributed by atoms with E-state index >= 15 is 0 Å². The number of benzene rings is 1. The molecule has 2 rings (SSSR count). The highest BCUT2D eigenvalue weighted by Crippen LogP contribution is 2.27. The molecule has 2 heteroatoms. The van der Waals surface area contributed by atoms with Crippen LogP contribution in [0.1, 0.15) is 24.4 Å². The molecule has 1 fully saturated rings. The van der Waals surface area contributed by atoms with Gasteiger partial charge in [-0.05, 0) is 30.5 Å². The third-order valence-electron chi connectivity index (χ3n) is 2.74. The van der Waals surface area contributed by atoms with Gasteiger partial charge in [-0.25, -0.2) is 0 Å². The van der Waals surface area contributed by atoms with E-state index in [9.17, 15) is 0 Å². The molecule has 0 amide bonds. The van der Waals surface area contributed by atoms with Gasteiger partial charge in [-0.2, -0.15) is 0 Å². The predicted molar refractivity (Wildman–Crippen MR) is 60.5 cm³/mol. The molecule has 0 radical (unpaired) electrons. The van der Waals surface area contributed by atoms with Crippen LogP contribution in [0.4, 0.5) is 0 Å². The van der Waals surface area contributed by atoms with Crippen molar-refractivity contribution in [3.05, 3.63) is 47.5 Å². The molecule has 1 N–H and O–H groups in total. The minimum absolute atomic E-state index is 0.468. The molecule has 1 aromatic rings. The highest BCUT2D eigenvalue weighted by atomic mass is 35.5. The maximum atomic E-state index is 5.84. The summed E-state index contributed by atoms with van der Waals surface area (Å²) in [7, 11) is 0. The Bertz CT molecular complexity index is 318. The van der Waals surface area contributed by atoms with E-state index in [1.54, 1.807) is 0 Å². The molecule has 74 valence electrons. The summed E-state index contributed by atoms with van der Waals surface area (Å²) in [6.07, 6.45) is 4.34. The van der Waals surface area contributed by atoms with Gasteiger partial charge in [0.05, 0.1) is 0 Å². The number of rotatable bonds is 2. The van der Waals surface area contributed by atoms with E-state index in [1.807, 2.05) is 18.2 Å². The first-order valence-corrected chi connectivity index (χ1v) is 5.31. The number of halogens is 1. The lowest BCUT2D eigenvalue weighted by molar-refractivity contribution is 0.613. The summed E-state index contributed by atoms with van der Waals surface area (Å²) in [5, 5.41) is 4.31. The van der Waals surface area contributed by atoms with Crippen LogP contribution in [0.2, 0.25) is 5.02 Å². The largest absolute Gasteiger partial charge is 0.304 e. The molecule has 2 atom stereocenters. The molecular weight excluding hydrogens is 194 g/mol. The van der Waals surface area contributed by atoms with Crippen LogP contribution in [-0.4, -0.2) is 6.04 Å². The zero-order valence-electron chi connectivity index (χ0n) is 8.04. The van der Waals surface area contributed by atoms with Crippen molar-refractivity contribution in [2.45, 2.75) is 24.9 Å². The quantitative estimate of drug-likeness (QED) is 0.734. The Balaban J connectivity index is 2.09. The molecule has 1 aromatic carbocycles. The summed E-state index contributed by atoms with van der Waals surface area (Å²) in [5.41, 5.74) is 1.32. The Labute approximate surface area is 89.8 Å². The fraction of sp³-hybridized carbons (Fsp3) is 0.333. The summed E-state index contributed by atoms with van der Waals surface area (Å²) in [5.74, 6) is 0. The van der Waals surface area contributed by atoms with E-state index in [2.05, 4.69) is 24.0 Å². The second kappa shape index (κ2) is 4.16. The van der Waals surface area contributed by atoms with Crippen LogP contribution in [0.3, 0.4) is 0 Å². The standard InChI is InChI=1S/C12H14ClN/c1-2-11-7-8-12(14-11)9-3-5-10(13)6-4-9/h2-6,11-12,14H,1,7-8H2. The van der Waals surface area contributed by atoms with Crippen molar-refractivity contribution in [3.8, 4) is 0 Å². The fourth-order valence-electron chi connectivity index (χ4n) is 1.92. The molecule has 0 aromatic heterocycles. The number of nitrogens with one attached hydrogen (secondary N) is 1. The van der Waals surface area contributed by atoms with Crippen molar-refractivity contribution in [2.24, 2.45) is 0 Å². The third kappa shape index (κ3) is 1.99. The van der Waals surface area contributed by atoms with Gasteiger partial charge in [0.25, 0.3) is 0 Å². The van der Waals surface area contributed by atoms with Crippen LogP contribution in [0.25, 0.3) is 0 Å². The first-order valence-electron chi connectivity index (χ1n) is 4.93. The average molecular weight is 208 g/mol. The monoisotopic (exact) mass is 207 g/mol. The summed E-state index contributed by atoms with van der Waals surface area (Å²) in [6, 6.07) is 9.00. The smallest absolute Gasteiger partial charge is 0.0406 e. The molecule has 0 saturated carbocycles. The van der Waals surface area contributed by atoms with Gasteiger partial charge in [-0.15, -0.1) is 6.58 Å². The first-order chi connectivity index (χ1) is 6.79. The maximum Gasteiger partial charge on any atom is 0.0406 e. The molecule has 1 heterocycles. The molecule has 1 aliphatic rings. The molecular formula is C12H14ClN. The first kappa shape index (κ1) is 9.75. The van der Waals surface area contributed by atoms with Crippen molar-refractivity contribution in [1.82, 2.24) is 5.32 Å². The van der Waals surface area contributed by atoms with Gasteiger partial charge in [0.15, 0.2) is 0 Å². The Hall–Kier alpha value is -0.790. The molecule has 0 aliphatic carbocycles. The van der Waals surface area contributed by atoms with Crippen molar-refractivity contribution < 1.29 is 0 Å². The summed E-state index contributed by atoms with van der Waals surface area (Å²) in [6.45, 7) is 3.80. The molecule has 1 nitrogen and oxygen atoms in total. The Kier molecular flexibility index (Phi) is 2.90. The van der Waals surface area contributed by atoms with Crippen molar-refractivity contribution in [1.29, 1.82) is 0 Å². The Morgan fingerprint density at radius 1 is 1.29 bits per heavy atom. The van der Waals surface area contributed by atoms with Crippen molar-refractivity contribution >= 4 is 11.6 Å². The van der Waals surface area contributed by atoms with E-state index in [0.29, 0.717) is 12.1 Å². The zero-order valence-corrected chi connectivity index (χ0v) is 8.80. The highest BCUT2D eigenvalue weighted by molar-refractivity contribution is 6.30. The van der Waals surface area contributed by atoms with Crippen LogP contribution < -0.4 is 5.32 Å².